The molecule has 3 heterocycles. The van der Waals surface area contributed by atoms with Gasteiger partial charge in [0, 0.05) is 17.4 Å². The molecule has 0 atom stereocenters. The number of hydrogen-bond donors (Lipinski definition) is 2. The number of benzene rings is 1. The van der Waals surface area contributed by atoms with Crippen LogP contribution in [0, 0.1) is 6.92 Å². The lowest BCUT2D eigenvalue weighted by Gasteiger charge is -2.00. The lowest BCUT2D eigenvalue weighted by molar-refractivity contribution is 0.394. The van der Waals surface area contributed by atoms with Gasteiger partial charge in [-0.15, -0.1) is 16.4 Å². The molecule has 0 bridgehead atoms. The van der Waals surface area contributed by atoms with Crippen LogP contribution >= 0.6 is 11.3 Å². The molecule has 8 heteroatoms. The number of nitrogens with two attached hydrogens (primary N) is 1. The molecule has 0 aliphatic heterocycles. The van der Waals surface area contributed by atoms with Crippen molar-refractivity contribution in [1.82, 2.24) is 25.6 Å². The number of H-pyrrole nitrogens is 1. The highest BCUT2D eigenvalue weighted by Crippen LogP contribution is 2.36. The Bertz CT molecular complexity index is 970. The van der Waals surface area contributed by atoms with Crippen LogP contribution in [0.2, 0.25) is 0 Å². The molecular formula is C15H12N6OS. The first-order chi connectivity index (χ1) is 11.2. The van der Waals surface area contributed by atoms with Gasteiger partial charge >= 0.3 is 0 Å². The molecule has 0 saturated carbocycles. The molecule has 3 aromatic heterocycles. The van der Waals surface area contributed by atoms with Crippen LogP contribution < -0.4 is 5.73 Å². The van der Waals surface area contributed by atoms with E-state index in [1.165, 1.54) is 0 Å². The SMILES string of the molecule is Cc1nc(-c2cccc(-c3ccc(-c4n[nH]nc4N)s3)c2)no1. The number of thiophene rings is 1. The topological polar surface area (TPSA) is 107 Å². The number of aromatic amines is 1. The maximum atomic E-state index is 5.80. The van der Waals surface area contributed by atoms with E-state index >= 15 is 0 Å². The second-order valence-electron chi connectivity index (χ2n) is 4.94. The number of nitrogens with zero attached hydrogens (tertiary/aromatic N) is 4. The summed E-state index contributed by atoms with van der Waals surface area (Å²) in [6, 6.07) is 12.0. The van der Waals surface area contributed by atoms with Crippen LogP contribution in [0.25, 0.3) is 32.4 Å². The zero-order chi connectivity index (χ0) is 15.8. The number of aromatic nitrogens is 5. The first-order valence-electron chi connectivity index (χ1n) is 6.88. The Balaban J connectivity index is 1.72. The molecule has 114 valence electrons. The zero-order valence-electron chi connectivity index (χ0n) is 12.1. The zero-order valence-corrected chi connectivity index (χ0v) is 13.0. The quantitative estimate of drug-likeness (QED) is 0.599. The van der Waals surface area contributed by atoms with E-state index in [1.54, 1.807) is 18.3 Å². The molecular weight excluding hydrogens is 312 g/mol. The third-order valence-electron chi connectivity index (χ3n) is 3.35. The standard InChI is InChI=1S/C15H12N6OS/c1-8-17-15(20-22-8)10-4-2-3-9(7-10)11-5-6-12(23-11)13-14(16)19-21-18-13/h2-7H,1H3,(H3,16,18,19,21). The molecule has 0 aliphatic carbocycles. The molecule has 4 rings (SSSR count). The molecule has 7 nitrogen and oxygen atoms in total. The number of rotatable bonds is 3. The molecule has 0 spiro atoms. The van der Waals surface area contributed by atoms with E-state index in [4.69, 9.17) is 10.3 Å². The van der Waals surface area contributed by atoms with Gasteiger partial charge in [0.1, 0.15) is 5.69 Å². The van der Waals surface area contributed by atoms with Crippen LogP contribution in [0.5, 0.6) is 0 Å². The molecule has 1 aromatic carbocycles. The van der Waals surface area contributed by atoms with Crippen molar-refractivity contribution in [3.05, 3.63) is 42.3 Å². The van der Waals surface area contributed by atoms with Crippen molar-refractivity contribution >= 4 is 17.2 Å². The third kappa shape index (κ3) is 2.49. The minimum absolute atomic E-state index is 0.398. The fourth-order valence-electron chi connectivity index (χ4n) is 2.27. The van der Waals surface area contributed by atoms with E-state index in [0.717, 1.165) is 20.9 Å². The van der Waals surface area contributed by atoms with Gasteiger partial charge in [0.15, 0.2) is 5.82 Å². The van der Waals surface area contributed by atoms with Crippen molar-refractivity contribution in [1.29, 1.82) is 0 Å². The monoisotopic (exact) mass is 324 g/mol. The lowest BCUT2D eigenvalue weighted by Crippen LogP contribution is -1.86. The molecule has 23 heavy (non-hydrogen) atoms. The van der Waals surface area contributed by atoms with Gasteiger partial charge in [0.05, 0.1) is 4.88 Å². The predicted molar refractivity (Wildman–Crippen MR) is 87.6 cm³/mol. The predicted octanol–water partition coefficient (Wildman–Crippen LogP) is 3.14. The highest BCUT2D eigenvalue weighted by Gasteiger charge is 2.12. The van der Waals surface area contributed by atoms with Gasteiger partial charge in [-0.1, -0.05) is 23.4 Å². The average molecular weight is 324 g/mol. The van der Waals surface area contributed by atoms with Gasteiger partial charge < -0.3 is 10.3 Å². The summed E-state index contributed by atoms with van der Waals surface area (Å²) < 4.78 is 5.04. The number of aryl methyl sites for hydroxylation is 1. The largest absolute Gasteiger partial charge is 0.380 e. The van der Waals surface area contributed by atoms with Crippen molar-refractivity contribution < 1.29 is 4.52 Å². The Morgan fingerprint density at radius 3 is 2.65 bits per heavy atom. The minimum Gasteiger partial charge on any atom is -0.380 e. The van der Waals surface area contributed by atoms with E-state index in [-0.39, 0.29) is 0 Å². The maximum Gasteiger partial charge on any atom is 0.223 e. The molecule has 0 amide bonds. The van der Waals surface area contributed by atoms with Crippen LogP contribution in [0.15, 0.2) is 40.9 Å². The smallest absolute Gasteiger partial charge is 0.223 e. The average Bonchev–Trinajstić information content (AvgIpc) is 3.27. The molecule has 4 aromatic rings. The van der Waals surface area contributed by atoms with Gasteiger partial charge in [-0.2, -0.15) is 15.3 Å². The van der Waals surface area contributed by atoms with Gasteiger partial charge in [0.25, 0.3) is 0 Å². The molecule has 3 N–H and O–H groups in total. The van der Waals surface area contributed by atoms with Crippen molar-refractivity contribution in [2.75, 3.05) is 5.73 Å². The Labute approximate surface area is 135 Å². The van der Waals surface area contributed by atoms with E-state index in [0.29, 0.717) is 23.2 Å². The van der Waals surface area contributed by atoms with E-state index in [9.17, 15) is 0 Å². The number of nitrogens with one attached hydrogen (secondary N) is 1. The van der Waals surface area contributed by atoms with Crippen molar-refractivity contribution in [3.8, 4) is 32.4 Å². The van der Waals surface area contributed by atoms with Gasteiger partial charge in [-0.3, -0.25) is 0 Å². The first kappa shape index (κ1) is 13.6. The van der Waals surface area contributed by atoms with Crippen LogP contribution in [-0.4, -0.2) is 25.6 Å². The maximum absolute atomic E-state index is 5.80. The molecule has 0 unspecified atom stereocenters. The number of anilines is 1. The highest BCUT2D eigenvalue weighted by molar-refractivity contribution is 7.18. The Hall–Kier alpha value is -3.00. The summed E-state index contributed by atoms with van der Waals surface area (Å²) in [5, 5.41) is 14.4. The Kier molecular flexibility index (Phi) is 3.16. The molecule has 0 fully saturated rings. The summed E-state index contributed by atoms with van der Waals surface area (Å²) in [6.07, 6.45) is 0. The van der Waals surface area contributed by atoms with Crippen LogP contribution in [-0.2, 0) is 0 Å². The third-order valence-corrected chi connectivity index (χ3v) is 4.49. The molecule has 0 saturated heterocycles. The van der Waals surface area contributed by atoms with Crippen molar-refractivity contribution in [2.24, 2.45) is 0 Å². The number of nitrogen functional groups attached to an aromatic ring is 1. The van der Waals surface area contributed by atoms with Gasteiger partial charge in [-0.25, -0.2) is 0 Å². The fourth-order valence-corrected chi connectivity index (χ4v) is 3.27. The Morgan fingerprint density at radius 2 is 1.91 bits per heavy atom. The van der Waals surface area contributed by atoms with Crippen molar-refractivity contribution in [3.63, 3.8) is 0 Å². The van der Waals surface area contributed by atoms with Gasteiger partial charge in [0.2, 0.25) is 11.7 Å². The van der Waals surface area contributed by atoms with Crippen LogP contribution in [0.4, 0.5) is 5.82 Å². The molecule has 0 aliphatic rings. The van der Waals surface area contributed by atoms with E-state index in [1.807, 2.05) is 36.4 Å². The van der Waals surface area contributed by atoms with E-state index in [2.05, 4.69) is 25.6 Å². The first-order valence-corrected chi connectivity index (χ1v) is 7.70. The minimum atomic E-state index is 0.398. The summed E-state index contributed by atoms with van der Waals surface area (Å²) in [7, 11) is 0. The summed E-state index contributed by atoms with van der Waals surface area (Å²) in [5.41, 5.74) is 8.45. The van der Waals surface area contributed by atoms with Gasteiger partial charge in [-0.05, 0) is 23.8 Å². The molecule has 0 radical (unpaired) electrons. The normalized spacial score (nSPS) is 11.0. The summed E-state index contributed by atoms with van der Waals surface area (Å²) in [6.45, 7) is 1.77. The highest BCUT2D eigenvalue weighted by atomic mass is 32.1. The van der Waals surface area contributed by atoms with Crippen molar-refractivity contribution in [2.45, 2.75) is 6.92 Å². The summed E-state index contributed by atoms with van der Waals surface area (Å²) >= 11 is 1.60. The van der Waals surface area contributed by atoms with E-state index < -0.39 is 0 Å². The van der Waals surface area contributed by atoms with Crippen LogP contribution in [0.1, 0.15) is 5.89 Å². The fraction of sp³-hybridized carbons (Fsp3) is 0.0667. The second-order valence-corrected chi connectivity index (χ2v) is 6.02. The van der Waals surface area contributed by atoms with Crippen LogP contribution in [0.3, 0.4) is 0 Å². The second kappa shape index (κ2) is 5.33. The lowest BCUT2D eigenvalue weighted by atomic mass is 10.1. The Morgan fingerprint density at radius 1 is 1.09 bits per heavy atom. The number of hydrogen-bond acceptors (Lipinski definition) is 7. The summed E-state index contributed by atoms with van der Waals surface area (Å²) in [5.74, 6) is 1.53. The summed E-state index contributed by atoms with van der Waals surface area (Å²) in [4.78, 5) is 6.33.